The highest BCUT2D eigenvalue weighted by Gasteiger charge is 2.09. The van der Waals surface area contributed by atoms with Gasteiger partial charge in [-0.3, -0.25) is 4.79 Å². The van der Waals surface area contributed by atoms with Crippen molar-refractivity contribution in [1.82, 2.24) is 10.6 Å². The molecule has 0 spiro atoms. The summed E-state index contributed by atoms with van der Waals surface area (Å²) in [5.74, 6) is 0.759. The van der Waals surface area contributed by atoms with Crippen LogP contribution in [0.4, 0.5) is 0 Å². The molecule has 2 N–H and O–H groups in total. The summed E-state index contributed by atoms with van der Waals surface area (Å²) < 4.78 is 5.56. The number of rotatable bonds is 8. The second kappa shape index (κ2) is 8.85. The van der Waals surface area contributed by atoms with E-state index in [1.54, 1.807) is 0 Å². The Bertz CT molecular complexity index is 585. The summed E-state index contributed by atoms with van der Waals surface area (Å²) in [6.07, 6.45) is 0.834. The summed E-state index contributed by atoms with van der Waals surface area (Å²) in [5.41, 5.74) is 1.79. The van der Waals surface area contributed by atoms with Crippen molar-refractivity contribution in [3.8, 4) is 5.75 Å². The summed E-state index contributed by atoms with van der Waals surface area (Å²) in [6, 6.07) is 17.3. The zero-order chi connectivity index (χ0) is 15.6. The smallest absolute Gasteiger partial charge is 0.251 e. The Kier molecular flexibility index (Phi) is 6.45. The Morgan fingerprint density at radius 2 is 1.73 bits per heavy atom. The number of hydrogen-bond acceptors (Lipinski definition) is 3. The fourth-order valence-electron chi connectivity index (χ4n) is 2.16. The molecule has 0 saturated carbocycles. The third-order valence-corrected chi connectivity index (χ3v) is 3.31. The lowest BCUT2D eigenvalue weighted by Gasteiger charge is -2.11. The predicted octanol–water partition coefficient (Wildman–Crippen LogP) is 2.26. The number of para-hydroxylation sites is 1. The molecule has 0 aromatic heterocycles. The lowest BCUT2D eigenvalue weighted by Crippen LogP contribution is -2.29. The highest BCUT2D eigenvalue weighted by molar-refractivity contribution is 5.95. The fraction of sp³-hybridized carbons (Fsp3) is 0.278. The first-order valence-corrected chi connectivity index (χ1v) is 7.50. The first-order chi connectivity index (χ1) is 10.8. The largest absolute Gasteiger partial charge is 0.492 e. The van der Waals surface area contributed by atoms with Crippen LogP contribution in [0, 0.1) is 0 Å². The lowest BCUT2D eigenvalue weighted by molar-refractivity contribution is 0.0946. The Labute approximate surface area is 131 Å². The molecular weight excluding hydrogens is 276 g/mol. The molecule has 4 nitrogen and oxygen atoms in total. The number of benzene rings is 2. The van der Waals surface area contributed by atoms with Crippen molar-refractivity contribution in [2.75, 3.05) is 26.7 Å². The molecule has 0 radical (unpaired) electrons. The molecule has 1 amide bonds. The van der Waals surface area contributed by atoms with E-state index in [0.29, 0.717) is 13.2 Å². The summed E-state index contributed by atoms with van der Waals surface area (Å²) in [4.78, 5) is 12.3. The van der Waals surface area contributed by atoms with E-state index in [-0.39, 0.29) is 5.91 Å². The number of carbonyl (C=O) groups excluding carboxylic acids is 1. The first kappa shape index (κ1) is 16.0. The van der Waals surface area contributed by atoms with Crippen LogP contribution in [-0.2, 0) is 6.42 Å². The van der Waals surface area contributed by atoms with Crippen LogP contribution >= 0.6 is 0 Å². The monoisotopic (exact) mass is 298 g/mol. The predicted molar refractivity (Wildman–Crippen MR) is 88.3 cm³/mol. The van der Waals surface area contributed by atoms with E-state index < -0.39 is 0 Å². The second-order valence-electron chi connectivity index (χ2n) is 4.93. The SMILES string of the molecule is CNCCc1ccccc1C(=O)NCCOc1ccccc1. The average molecular weight is 298 g/mol. The molecule has 0 atom stereocenters. The van der Waals surface area contributed by atoms with Crippen molar-refractivity contribution in [2.45, 2.75) is 6.42 Å². The average Bonchev–Trinajstić information content (AvgIpc) is 2.58. The summed E-state index contributed by atoms with van der Waals surface area (Å²) in [5, 5.41) is 6.00. The molecule has 2 aromatic rings. The summed E-state index contributed by atoms with van der Waals surface area (Å²) in [6.45, 7) is 1.78. The van der Waals surface area contributed by atoms with E-state index in [1.807, 2.05) is 61.6 Å². The van der Waals surface area contributed by atoms with Crippen LogP contribution in [0.3, 0.4) is 0 Å². The number of nitrogens with one attached hydrogen (secondary N) is 2. The van der Waals surface area contributed by atoms with E-state index >= 15 is 0 Å². The van der Waals surface area contributed by atoms with Crippen LogP contribution in [0.2, 0.25) is 0 Å². The maximum Gasteiger partial charge on any atom is 0.251 e. The van der Waals surface area contributed by atoms with Gasteiger partial charge in [-0.1, -0.05) is 36.4 Å². The Balaban J connectivity index is 1.82. The van der Waals surface area contributed by atoms with Gasteiger partial charge in [-0.05, 0) is 43.8 Å². The van der Waals surface area contributed by atoms with E-state index in [0.717, 1.165) is 29.8 Å². The van der Waals surface area contributed by atoms with Gasteiger partial charge >= 0.3 is 0 Å². The van der Waals surface area contributed by atoms with Gasteiger partial charge < -0.3 is 15.4 Å². The van der Waals surface area contributed by atoms with Crippen molar-refractivity contribution in [3.05, 3.63) is 65.7 Å². The minimum atomic E-state index is -0.0524. The maximum atomic E-state index is 12.3. The number of ether oxygens (including phenoxy) is 1. The number of amides is 1. The summed E-state index contributed by atoms with van der Waals surface area (Å²) in [7, 11) is 1.91. The van der Waals surface area contributed by atoms with Crippen molar-refractivity contribution in [1.29, 1.82) is 0 Å². The summed E-state index contributed by atoms with van der Waals surface area (Å²) >= 11 is 0. The van der Waals surface area contributed by atoms with Gasteiger partial charge in [0.1, 0.15) is 12.4 Å². The third kappa shape index (κ3) is 4.90. The van der Waals surface area contributed by atoms with Gasteiger partial charge in [-0.25, -0.2) is 0 Å². The van der Waals surface area contributed by atoms with Crippen molar-refractivity contribution < 1.29 is 9.53 Å². The highest BCUT2D eigenvalue weighted by Crippen LogP contribution is 2.10. The van der Waals surface area contributed by atoms with Crippen molar-refractivity contribution >= 4 is 5.91 Å². The highest BCUT2D eigenvalue weighted by atomic mass is 16.5. The molecule has 0 bridgehead atoms. The van der Waals surface area contributed by atoms with Crippen LogP contribution < -0.4 is 15.4 Å². The molecule has 0 aliphatic heterocycles. The molecule has 0 fully saturated rings. The minimum absolute atomic E-state index is 0.0524. The number of likely N-dealkylation sites (N-methyl/N-ethyl adjacent to an activating group) is 1. The van der Waals surface area contributed by atoms with Gasteiger partial charge in [0.25, 0.3) is 5.91 Å². The molecule has 0 aliphatic carbocycles. The van der Waals surface area contributed by atoms with E-state index in [1.165, 1.54) is 0 Å². The molecule has 0 unspecified atom stereocenters. The molecule has 0 heterocycles. The molecule has 22 heavy (non-hydrogen) atoms. The van der Waals surface area contributed by atoms with Gasteiger partial charge in [0.2, 0.25) is 0 Å². The first-order valence-electron chi connectivity index (χ1n) is 7.50. The van der Waals surface area contributed by atoms with Gasteiger partial charge in [0.05, 0.1) is 6.54 Å². The molecule has 2 aromatic carbocycles. The van der Waals surface area contributed by atoms with E-state index in [4.69, 9.17) is 4.74 Å². The van der Waals surface area contributed by atoms with E-state index in [2.05, 4.69) is 10.6 Å². The maximum absolute atomic E-state index is 12.3. The van der Waals surface area contributed by atoms with Crippen LogP contribution in [0.1, 0.15) is 15.9 Å². The van der Waals surface area contributed by atoms with E-state index in [9.17, 15) is 4.79 Å². The topological polar surface area (TPSA) is 50.4 Å². The van der Waals surface area contributed by atoms with Crippen molar-refractivity contribution in [3.63, 3.8) is 0 Å². The van der Waals surface area contributed by atoms with Crippen molar-refractivity contribution in [2.24, 2.45) is 0 Å². The Morgan fingerprint density at radius 1 is 1.00 bits per heavy atom. The zero-order valence-electron chi connectivity index (χ0n) is 12.8. The van der Waals surface area contributed by atoms with Crippen LogP contribution in [-0.4, -0.2) is 32.7 Å². The number of hydrogen-bond donors (Lipinski definition) is 2. The fourth-order valence-corrected chi connectivity index (χ4v) is 2.16. The van der Waals surface area contributed by atoms with Gasteiger partial charge in [-0.2, -0.15) is 0 Å². The minimum Gasteiger partial charge on any atom is -0.492 e. The van der Waals surface area contributed by atoms with Gasteiger partial charge in [-0.15, -0.1) is 0 Å². The molecule has 0 saturated heterocycles. The third-order valence-electron chi connectivity index (χ3n) is 3.31. The van der Waals surface area contributed by atoms with Crippen LogP contribution in [0.5, 0.6) is 5.75 Å². The second-order valence-corrected chi connectivity index (χ2v) is 4.93. The van der Waals surface area contributed by atoms with Gasteiger partial charge in [0.15, 0.2) is 0 Å². The van der Waals surface area contributed by atoms with Crippen LogP contribution in [0.25, 0.3) is 0 Å². The molecule has 116 valence electrons. The molecular formula is C18H22N2O2. The normalized spacial score (nSPS) is 10.2. The number of carbonyl (C=O) groups is 1. The molecule has 2 rings (SSSR count). The van der Waals surface area contributed by atoms with Gasteiger partial charge in [0, 0.05) is 5.56 Å². The standard InChI is InChI=1S/C18H22N2O2/c1-19-12-11-15-7-5-6-10-17(15)18(21)20-13-14-22-16-8-3-2-4-9-16/h2-10,19H,11-14H2,1H3,(H,20,21). The quantitative estimate of drug-likeness (QED) is 0.735. The molecule has 0 aliphatic rings. The Morgan fingerprint density at radius 3 is 2.50 bits per heavy atom. The molecule has 4 heteroatoms. The van der Waals surface area contributed by atoms with Crippen LogP contribution in [0.15, 0.2) is 54.6 Å². The lowest BCUT2D eigenvalue weighted by atomic mass is 10.0. The Hall–Kier alpha value is -2.33. The zero-order valence-corrected chi connectivity index (χ0v) is 12.8.